The van der Waals surface area contributed by atoms with Gasteiger partial charge in [0.05, 0.1) is 12.1 Å². The number of thiophene rings is 1. The summed E-state index contributed by atoms with van der Waals surface area (Å²) in [6.45, 7) is 5.19. The fourth-order valence-electron chi connectivity index (χ4n) is 3.45. The molecule has 4 rings (SSSR count). The molecule has 2 N–H and O–H groups in total. The second kappa shape index (κ2) is 6.05. The van der Waals surface area contributed by atoms with Gasteiger partial charge in [0.1, 0.15) is 0 Å². The van der Waals surface area contributed by atoms with Crippen LogP contribution in [0, 0.1) is 0 Å². The molecule has 126 valence electrons. The Bertz CT molecular complexity index is 1070. The average Bonchev–Trinajstić information content (AvgIpc) is 3.21. The summed E-state index contributed by atoms with van der Waals surface area (Å²) in [4.78, 5) is 13.3. The van der Waals surface area contributed by atoms with E-state index in [1.54, 1.807) is 11.3 Å². The molecule has 0 atom stereocenters. The molecular formula is C21H20N2OS. The molecule has 2 aromatic heterocycles. The lowest BCUT2D eigenvalue weighted by molar-refractivity contribution is 0.100. The van der Waals surface area contributed by atoms with Crippen LogP contribution in [-0.4, -0.2) is 10.5 Å². The number of amides is 1. The van der Waals surface area contributed by atoms with E-state index in [0.717, 1.165) is 28.4 Å². The average molecular weight is 348 g/mol. The van der Waals surface area contributed by atoms with E-state index < -0.39 is 0 Å². The minimum absolute atomic E-state index is 0.381. The summed E-state index contributed by atoms with van der Waals surface area (Å²) in [5.74, 6) is 0.0712. The zero-order chi connectivity index (χ0) is 17.6. The van der Waals surface area contributed by atoms with Crippen molar-refractivity contribution in [1.82, 2.24) is 4.57 Å². The lowest BCUT2D eigenvalue weighted by Crippen LogP contribution is -2.11. The Morgan fingerprint density at radius 3 is 2.64 bits per heavy atom. The van der Waals surface area contributed by atoms with Gasteiger partial charge < -0.3 is 10.3 Å². The topological polar surface area (TPSA) is 48.0 Å². The van der Waals surface area contributed by atoms with Crippen LogP contribution in [0.25, 0.3) is 21.8 Å². The van der Waals surface area contributed by atoms with Gasteiger partial charge in [0.25, 0.3) is 0 Å². The van der Waals surface area contributed by atoms with Gasteiger partial charge in [-0.2, -0.15) is 0 Å². The molecule has 0 unspecified atom stereocenters. The van der Waals surface area contributed by atoms with Crippen LogP contribution in [0.3, 0.4) is 0 Å². The quantitative estimate of drug-likeness (QED) is 0.546. The molecule has 0 aliphatic rings. The molecule has 0 aliphatic heterocycles. The van der Waals surface area contributed by atoms with E-state index in [1.807, 2.05) is 12.1 Å². The molecule has 2 heterocycles. The molecule has 4 aromatic rings. The monoisotopic (exact) mass is 348 g/mol. The maximum Gasteiger partial charge on any atom is 0.249 e. The van der Waals surface area contributed by atoms with Crippen molar-refractivity contribution in [2.75, 3.05) is 0 Å². The smallest absolute Gasteiger partial charge is 0.249 e. The van der Waals surface area contributed by atoms with Crippen molar-refractivity contribution in [3.63, 3.8) is 0 Å². The van der Waals surface area contributed by atoms with Gasteiger partial charge in [-0.1, -0.05) is 38.1 Å². The van der Waals surface area contributed by atoms with Gasteiger partial charge in [-0.15, -0.1) is 11.3 Å². The molecule has 4 heteroatoms. The minimum Gasteiger partial charge on any atom is -0.366 e. The van der Waals surface area contributed by atoms with E-state index in [2.05, 4.69) is 60.2 Å². The first kappa shape index (κ1) is 15.9. The maximum absolute atomic E-state index is 12.0. The summed E-state index contributed by atoms with van der Waals surface area (Å²) in [5.41, 5.74) is 9.74. The van der Waals surface area contributed by atoms with E-state index in [-0.39, 0.29) is 5.91 Å². The first-order valence-corrected chi connectivity index (χ1v) is 9.31. The molecule has 0 aliphatic carbocycles. The number of hydrogen-bond acceptors (Lipinski definition) is 2. The van der Waals surface area contributed by atoms with Crippen LogP contribution in [-0.2, 0) is 6.54 Å². The molecule has 0 radical (unpaired) electrons. The molecule has 25 heavy (non-hydrogen) atoms. The van der Waals surface area contributed by atoms with E-state index in [1.165, 1.54) is 10.4 Å². The highest BCUT2D eigenvalue weighted by Crippen LogP contribution is 2.34. The van der Waals surface area contributed by atoms with Gasteiger partial charge in [-0.05, 0) is 41.1 Å². The predicted octanol–water partition coefficient (Wildman–Crippen LogP) is 5.13. The first-order chi connectivity index (χ1) is 12.1. The number of aromatic nitrogens is 1. The lowest BCUT2D eigenvalue weighted by Gasteiger charge is -2.09. The van der Waals surface area contributed by atoms with Gasteiger partial charge >= 0.3 is 0 Å². The second-order valence-electron chi connectivity index (χ2n) is 6.66. The number of nitrogens with two attached hydrogens (primary N) is 1. The van der Waals surface area contributed by atoms with Crippen LogP contribution in [0.5, 0.6) is 0 Å². The summed E-state index contributed by atoms with van der Waals surface area (Å²) >= 11 is 1.75. The third-order valence-corrected chi connectivity index (χ3v) is 5.60. The van der Waals surface area contributed by atoms with E-state index >= 15 is 0 Å². The number of benzene rings is 2. The van der Waals surface area contributed by atoms with Crippen LogP contribution in [0.4, 0.5) is 0 Å². The van der Waals surface area contributed by atoms with Crippen LogP contribution in [0.2, 0.25) is 0 Å². The Labute approximate surface area is 150 Å². The van der Waals surface area contributed by atoms with Gasteiger partial charge in [0.2, 0.25) is 5.91 Å². The first-order valence-electron chi connectivity index (χ1n) is 8.43. The van der Waals surface area contributed by atoms with Crippen molar-refractivity contribution in [2.24, 2.45) is 5.73 Å². The molecule has 0 fully saturated rings. The summed E-state index contributed by atoms with van der Waals surface area (Å²) in [6, 6.07) is 16.5. The zero-order valence-electron chi connectivity index (χ0n) is 14.3. The van der Waals surface area contributed by atoms with Crippen LogP contribution in [0.15, 0.2) is 53.9 Å². The fraction of sp³-hybridized carbons (Fsp3) is 0.190. The van der Waals surface area contributed by atoms with E-state index in [4.69, 9.17) is 5.73 Å². The van der Waals surface area contributed by atoms with Gasteiger partial charge in [-0.25, -0.2) is 0 Å². The van der Waals surface area contributed by atoms with Crippen LogP contribution < -0.4 is 5.73 Å². The molecule has 0 bridgehead atoms. The highest BCUT2D eigenvalue weighted by Gasteiger charge is 2.17. The summed E-state index contributed by atoms with van der Waals surface area (Å²) < 4.78 is 2.30. The van der Waals surface area contributed by atoms with Crippen LogP contribution >= 0.6 is 11.3 Å². The highest BCUT2D eigenvalue weighted by molar-refractivity contribution is 7.09. The SMILES string of the molecule is CC(C)c1ccc2c3c(C(N)=O)cccc3n(Cc3cccs3)c2c1. The van der Waals surface area contributed by atoms with Crippen molar-refractivity contribution in [3.05, 3.63) is 69.9 Å². The number of nitrogens with zero attached hydrogens (tertiary/aromatic N) is 1. The number of carbonyl (C=O) groups excluding carboxylic acids is 1. The molecular weight excluding hydrogens is 328 g/mol. The summed E-state index contributed by atoms with van der Waals surface area (Å²) in [5, 5.41) is 4.14. The van der Waals surface area contributed by atoms with Crippen molar-refractivity contribution in [2.45, 2.75) is 26.3 Å². The van der Waals surface area contributed by atoms with E-state index in [0.29, 0.717) is 11.5 Å². The van der Waals surface area contributed by atoms with Gasteiger partial charge in [-0.3, -0.25) is 4.79 Å². The molecule has 0 spiro atoms. The fourth-order valence-corrected chi connectivity index (χ4v) is 4.15. The summed E-state index contributed by atoms with van der Waals surface area (Å²) in [7, 11) is 0. The molecule has 3 nitrogen and oxygen atoms in total. The number of hydrogen-bond donors (Lipinski definition) is 1. The Balaban J connectivity index is 2.09. The third-order valence-electron chi connectivity index (χ3n) is 4.74. The molecule has 0 saturated heterocycles. The van der Waals surface area contributed by atoms with Crippen molar-refractivity contribution in [1.29, 1.82) is 0 Å². The third kappa shape index (κ3) is 2.63. The largest absolute Gasteiger partial charge is 0.366 e. The Kier molecular flexibility index (Phi) is 3.85. The summed E-state index contributed by atoms with van der Waals surface area (Å²) in [6.07, 6.45) is 0. The lowest BCUT2D eigenvalue weighted by atomic mass is 10.00. The number of carbonyl (C=O) groups is 1. The van der Waals surface area contributed by atoms with Gasteiger partial charge in [0, 0.05) is 26.7 Å². The zero-order valence-corrected chi connectivity index (χ0v) is 15.1. The number of fused-ring (bicyclic) bond motifs is 3. The van der Waals surface area contributed by atoms with Crippen molar-refractivity contribution < 1.29 is 4.79 Å². The predicted molar refractivity (Wildman–Crippen MR) is 105 cm³/mol. The Hall–Kier alpha value is -2.59. The number of primary amides is 1. The molecule has 1 amide bonds. The Morgan fingerprint density at radius 2 is 1.96 bits per heavy atom. The molecule has 2 aromatic carbocycles. The normalized spacial score (nSPS) is 11.6. The molecule has 0 saturated carbocycles. The van der Waals surface area contributed by atoms with Crippen molar-refractivity contribution >= 4 is 39.0 Å². The highest BCUT2D eigenvalue weighted by atomic mass is 32.1. The van der Waals surface area contributed by atoms with Crippen molar-refractivity contribution in [3.8, 4) is 0 Å². The number of rotatable bonds is 4. The van der Waals surface area contributed by atoms with Crippen LogP contribution in [0.1, 0.15) is 40.6 Å². The maximum atomic E-state index is 12.0. The standard InChI is InChI=1S/C21H20N2OS/c1-13(2)14-8-9-16-19(11-14)23(12-15-5-4-10-25-15)18-7-3-6-17(20(16)18)21(22)24/h3-11,13H,12H2,1-2H3,(H2,22,24). The second-order valence-corrected chi connectivity index (χ2v) is 7.69. The Morgan fingerprint density at radius 1 is 1.12 bits per heavy atom. The van der Waals surface area contributed by atoms with Gasteiger partial charge in [0.15, 0.2) is 0 Å². The minimum atomic E-state index is -0.381. The van der Waals surface area contributed by atoms with E-state index in [9.17, 15) is 4.79 Å².